The molecular formula is C41H54ClN3O6S. The van der Waals surface area contributed by atoms with Gasteiger partial charge in [0.15, 0.2) is 0 Å². The average molecular weight is 752 g/mol. The number of nitrogens with one attached hydrogen (secondary N) is 1. The molecule has 1 saturated heterocycles. The van der Waals surface area contributed by atoms with Crippen molar-refractivity contribution in [2.24, 2.45) is 23.7 Å². The van der Waals surface area contributed by atoms with Gasteiger partial charge >= 0.3 is 0 Å². The Hall–Kier alpha value is -2.63. The van der Waals surface area contributed by atoms with E-state index in [-0.39, 0.29) is 17.4 Å². The summed E-state index contributed by atoms with van der Waals surface area (Å²) in [5.74, 6) is 1.12. The van der Waals surface area contributed by atoms with E-state index in [0.717, 1.165) is 107 Å². The molecule has 0 radical (unpaired) electrons. The molecule has 2 aromatic carbocycles. The van der Waals surface area contributed by atoms with Crippen LogP contribution in [0.5, 0.6) is 5.75 Å². The van der Waals surface area contributed by atoms with Gasteiger partial charge in [-0.3, -0.25) is 9.69 Å². The van der Waals surface area contributed by atoms with E-state index < -0.39 is 21.2 Å². The number of sulfonamides is 1. The van der Waals surface area contributed by atoms with E-state index in [1.165, 1.54) is 11.1 Å². The lowest BCUT2D eigenvalue weighted by molar-refractivity contribution is -0.0315. The highest BCUT2D eigenvalue weighted by Gasteiger charge is 2.45. The molecule has 52 heavy (non-hydrogen) atoms. The van der Waals surface area contributed by atoms with E-state index in [1.807, 2.05) is 25.1 Å². The van der Waals surface area contributed by atoms with Gasteiger partial charge in [-0.1, -0.05) is 49.6 Å². The molecule has 0 unspecified atom stereocenters. The molecule has 3 fully saturated rings. The van der Waals surface area contributed by atoms with Gasteiger partial charge in [0.05, 0.1) is 43.5 Å². The largest absolute Gasteiger partial charge is 0.490 e. The van der Waals surface area contributed by atoms with Crippen molar-refractivity contribution in [3.05, 3.63) is 70.3 Å². The summed E-state index contributed by atoms with van der Waals surface area (Å²) < 4.78 is 49.5. The van der Waals surface area contributed by atoms with Gasteiger partial charge in [0, 0.05) is 48.7 Å². The van der Waals surface area contributed by atoms with Crippen molar-refractivity contribution in [1.82, 2.24) is 9.62 Å². The summed E-state index contributed by atoms with van der Waals surface area (Å²) in [6.07, 6.45) is 12.8. The van der Waals surface area contributed by atoms with Gasteiger partial charge < -0.3 is 19.1 Å². The average Bonchev–Trinajstić information content (AvgIpc) is 3.96. The molecular weight excluding hydrogens is 698 g/mol. The summed E-state index contributed by atoms with van der Waals surface area (Å²) in [7, 11) is -3.94. The maximum atomic E-state index is 14.0. The van der Waals surface area contributed by atoms with Crippen molar-refractivity contribution in [3.63, 3.8) is 0 Å². The van der Waals surface area contributed by atoms with Crippen LogP contribution in [0.15, 0.2) is 48.6 Å². The Morgan fingerprint density at radius 3 is 2.71 bits per heavy atom. The Labute approximate surface area is 314 Å². The van der Waals surface area contributed by atoms with Gasteiger partial charge in [-0.25, -0.2) is 13.1 Å². The van der Waals surface area contributed by atoms with Gasteiger partial charge in [0.25, 0.3) is 5.91 Å². The van der Waals surface area contributed by atoms with Gasteiger partial charge in [0.1, 0.15) is 5.75 Å². The second-order valence-corrected chi connectivity index (χ2v) is 18.7. The molecule has 6 atom stereocenters. The molecule has 2 bridgehead atoms. The Morgan fingerprint density at radius 1 is 1.08 bits per heavy atom. The number of hydrogen-bond donors (Lipinski definition) is 1. The van der Waals surface area contributed by atoms with Crippen LogP contribution >= 0.6 is 11.6 Å². The third-order valence-corrected chi connectivity index (χ3v) is 15.0. The third-order valence-electron chi connectivity index (χ3n) is 12.8. The fraction of sp³-hybridized carbons (Fsp3) is 0.634. The zero-order chi connectivity index (χ0) is 35.9. The van der Waals surface area contributed by atoms with Crippen LogP contribution in [-0.4, -0.2) is 89.7 Å². The summed E-state index contributed by atoms with van der Waals surface area (Å²) >= 11 is 6.49. The van der Waals surface area contributed by atoms with Crippen LogP contribution in [0.25, 0.3) is 0 Å². The summed E-state index contributed by atoms with van der Waals surface area (Å²) in [5, 5.41) is 0.0991. The first-order valence-corrected chi connectivity index (χ1v) is 21.5. The predicted octanol–water partition coefficient (Wildman–Crippen LogP) is 6.38. The normalized spacial score (nSPS) is 32.8. The second-order valence-electron chi connectivity index (χ2n) is 16.4. The zero-order valence-corrected chi connectivity index (χ0v) is 32.0. The van der Waals surface area contributed by atoms with Crippen LogP contribution in [0.3, 0.4) is 0 Å². The van der Waals surface area contributed by atoms with Crippen LogP contribution < -0.4 is 14.4 Å². The van der Waals surface area contributed by atoms with Crippen molar-refractivity contribution in [2.75, 3.05) is 64.1 Å². The molecule has 1 spiro atoms. The molecule has 1 N–H and O–H groups in total. The van der Waals surface area contributed by atoms with E-state index in [9.17, 15) is 13.2 Å². The number of rotatable bonds is 6. The highest BCUT2D eigenvalue weighted by Crippen LogP contribution is 2.47. The van der Waals surface area contributed by atoms with Gasteiger partial charge in [-0.15, -0.1) is 0 Å². The first-order valence-electron chi connectivity index (χ1n) is 19.6. The number of nitrogens with zero attached hydrogens (tertiary/aromatic N) is 2. The number of ether oxygens (including phenoxy) is 3. The number of allylic oxidation sites excluding steroid dienone is 1. The van der Waals surface area contributed by atoms with E-state index >= 15 is 0 Å². The first-order chi connectivity index (χ1) is 25.2. The number of halogens is 1. The van der Waals surface area contributed by atoms with Crippen LogP contribution in [0.2, 0.25) is 5.02 Å². The predicted molar refractivity (Wildman–Crippen MR) is 204 cm³/mol. The minimum Gasteiger partial charge on any atom is -0.490 e. The molecule has 2 saturated carbocycles. The lowest BCUT2D eigenvalue weighted by atomic mass is 9.68. The number of aryl methyl sites for hydroxylation is 1. The number of anilines is 1. The molecule has 8 rings (SSSR count). The van der Waals surface area contributed by atoms with Crippen LogP contribution in [0.1, 0.15) is 79.8 Å². The maximum Gasteiger partial charge on any atom is 0.264 e. The smallest absolute Gasteiger partial charge is 0.264 e. The number of morpholine rings is 1. The van der Waals surface area contributed by atoms with Crippen LogP contribution in [-0.2, 0) is 31.3 Å². The Bertz CT molecular complexity index is 1760. The van der Waals surface area contributed by atoms with Gasteiger partial charge in [0.2, 0.25) is 10.0 Å². The molecule has 0 aromatic heterocycles. The van der Waals surface area contributed by atoms with Crippen molar-refractivity contribution < 1.29 is 27.4 Å². The van der Waals surface area contributed by atoms with Crippen molar-refractivity contribution in [2.45, 2.75) is 81.5 Å². The summed E-state index contributed by atoms with van der Waals surface area (Å²) in [4.78, 5) is 18.7. The van der Waals surface area contributed by atoms with Crippen molar-refractivity contribution in [3.8, 4) is 5.75 Å². The van der Waals surface area contributed by atoms with E-state index in [0.29, 0.717) is 49.4 Å². The number of fused-ring (bicyclic) bond motifs is 4. The van der Waals surface area contributed by atoms with E-state index in [4.69, 9.17) is 25.8 Å². The van der Waals surface area contributed by atoms with Crippen molar-refractivity contribution in [1.29, 1.82) is 0 Å². The van der Waals surface area contributed by atoms with Gasteiger partial charge in [-0.2, -0.15) is 0 Å². The number of amides is 1. The quantitative estimate of drug-likeness (QED) is 0.340. The minimum atomic E-state index is -3.94. The highest BCUT2D eigenvalue weighted by atomic mass is 35.5. The summed E-state index contributed by atoms with van der Waals surface area (Å²) in [5.41, 5.74) is 3.51. The monoisotopic (exact) mass is 751 g/mol. The Morgan fingerprint density at radius 2 is 1.92 bits per heavy atom. The number of carbonyl (C=O) groups excluding carboxylic acids is 1. The molecule has 1 amide bonds. The molecule has 3 aliphatic heterocycles. The summed E-state index contributed by atoms with van der Waals surface area (Å²) in [6, 6.07) is 11.7. The molecule has 9 nitrogen and oxygen atoms in total. The standard InChI is InChI=1S/C41H54ClN3O6S/c1-28-4-2-6-37(50-21-18-44-16-19-49-20-17-44)34-12-9-32(34)25-45-26-41(15-3-5-30-23-33(42)11-13-35(30)41)27-51-38-14-10-31(24-36(38)45)40(46)43-52(47,48)39(28)22-29-7-8-29/h2,6,10-11,13-14,23-24,28-29,32,34,37,39H,3-5,7-9,12,15-22,25-27H2,1H3,(H,43,46)/b6-2-/t28-,32+,34-,37+,39+,41+/m1/s1. The fourth-order valence-electron chi connectivity index (χ4n) is 9.45. The van der Waals surface area contributed by atoms with Gasteiger partial charge in [-0.05, 0) is 110 Å². The van der Waals surface area contributed by atoms with Crippen LogP contribution in [0, 0.1) is 23.7 Å². The van der Waals surface area contributed by atoms with Crippen LogP contribution in [0.4, 0.5) is 5.69 Å². The third kappa shape index (κ3) is 7.79. The molecule has 3 aliphatic carbocycles. The topological polar surface area (TPSA) is 97.4 Å². The Kier molecular flexibility index (Phi) is 10.7. The molecule has 11 heteroatoms. The minimum absolute atomic E-state index is 0.0568. The SMILES string of the molecule is C[C@@H]1C/C=C\[C@H](OCCN2CCOCC2)[C@@H]2CC[C@H]2CN2C[C@@]3(CCCc4cc(Cl)ccc43)COc3ccc(cc32)C(=O)NS(=O)(=O)[C@H]1CC1CC1. The zero-order valence-electron chi connectivity index (χ0n) is 30.4. The lowest BCUT2D eigenvalue weighted by Crippen LogP contribution is -2.50. The highest BCUT2D eigenvalue weighted by molar-refractivity contribution is 7.90. The molecule has 3 heterocycles. The summed E-state index contributed by atoms with van der Waals surface area (Å²) in [6.45, 7) is 8.96. The van der Waals surface area contributed by atoms with Crippen molar-refractivity contribution >= 4 is 33.2 Å². The molecule has 6 aliphatic rings. The number of benzene rings is 2. The molecule has 2 aromatic rings. The lowest BCUT2D eigenvalue weighted by Gasteiger charge is -2.46. The number of hydrogen-bond acceptors (Lipinski definition) is 8. The van der Waals surface area contributed by atoms with E-state index in [2.05, 4.69) is 38.8 Å². The molecule has 282 valence electrons. The Balaban J connectivity index is 1.14. The first kappa shape index (κ1) is 36.4. The fourth-order valence-corrected chi connectivity index (χ4v) is 11.4. The second kappa shape index (κ2) is 15.2. The number of carbonyl (C=O) groups is 1. The maximum absolute atomic E-state index is 14.0. The van der Waals surface area contributed by atoms with E-state index in [1.54, 1.807) is 6.07 Å².